The van der Waals surface area contributed by atoms with E-state index in [1.54, 1.807) is 6.07 Å². The minimum Gasteiger partial charge on any atom is -0.300 e. The van der Waals surface area contributed by atoms with Gasteiger partial charge in [0.05, 0.1) is 6.07 Å². The number of fused-ring (bicyclic) bond motifs is 2. The lowest BCUT2D eigenvalue weighted by Crippen LogP contribution is -2.49. The van der Waals surface area contributed by atoms with Crippen molar-refractivity contribution >= 4 is 10.0 Å². The predicted molar refractivity (Wildman–Crippen MR) is 51.0 cm³/mol. The van der Waals surface area contributed by atoms with Gasteiger partial charge in [0, 0.05) is 25.7 Å². The maximum atomic E-state index is 11.7. The second-order valence-corrected chi connectivity index (χ2v) is 5.69. The van der Waals surface area contributed by atoms with E-state index in [9.17, 15) is 8.42 Å². The molecular weight excluding hydrogens is 202 g/mol. The summed E-state index contributed by atoms with van der Waals surface area (Å²) in [4.78, 5) is 2.27. The number of hydrogen-bond donors (Lipinski definition) is 0. The first-order valence-corrected chi connectivity index (χ1v) is 6.33. The molecule has 0 amide bonds. The van der Waals surface area contributed by atoms with Gasteiger partial charge in [0.25, 0.3) is 0 Å². The molecular formula is C8H13N3O2S. The van der Waals surface area contributed by atoms with Crippen LogP contribution in [0.3, 0.4) is 0 Å². The molecule has 0 radical (unpaired) electrons. The van der Waals surface area contributed by atoms with Gasteiger partial charge in [0.15, 0.2) is 5.75 Å². The van der Waals surface area contributed by atoms with Crippen LogP contribution in [0.1, 0.15) is 6.42 Å². The molecule has 0 spiro atoms. The third-order valence-electron chi connectivity index (χ3n) is 2.90. The van der Waals surface area contributed by atoms with Crippen LogP contribution in [-0.2, 0) is 10.0 Å². The van der Waals surface area contributed by atoms with E-state index in [1.807, 2.05) is 0 Å². The van der Waals surface area contributed by atoms with Crippen LogP contribution < -0.4 is 0 Å². The summed E-state index contributed by atoms with van der Waals surface area (Å²) in [5.74, 6) is -0.385. The highest BCUT2D eigenvalue weighted by atomic mass is 32.2. The van der Waals surface area contributed by atoms with Gasteiger partial charge in [-0.05, 0) is 13.0 Å². The topological polar surface area (TPSA) is 64.4 Å². The highest BCUT2D eigenvalue weighted by molar-refractivity contribution is 7.89. The van der Waals surface area contributed by atoms with Crippen LogP contribution in [0.25, 0.3) is 0 Å². The molecule has 2 bridgehead atoms. The molecule has 0 aliphatic carbocycles. The Morgan fingerprint density at radius 3 is 2.86 bits per heavy atom. The lowest BCUT2D eigenvalue weighted by atomic mass is 10.2. The van der Waals surface area contributed by atoms with E-state index in [0.29, 0.717) is 6.54 Å². The number of nitriles is 1. The molecule has 78 valence electrons. The zero-order chi connectivity index (χ0) is 10.2. The maximum Gasteiger partial charge on any atom is 0.227 e. The third kappa shape index (κ3) is 1.63. The summed E-state index contributed by atoms with van der Waals surface area (Å²) >= 11 is 0. The molecule has 2 saturated heterocycles. The van der Waals surface area contributed by atoms with Crippen molar-refractivity contribution in [2.45, 2.75) is 12.5 Å². The molecule has 0 saturated carbocycles. The minimum atomic E-state index is -3.32. The molecule has 0 aromatic rings. The van der Waals surface area contributed by atoms with Crippen LogP contribution in [0.2, 0.25) is 0 Å². The Balaban J connectivity index is 2.15. The van der Waals surface area contributed by atoms with Gasteiger partial charge in [-0.25, -0.2) is 8.42 Å². The van der Waals surface area contributed by atoms with Gasteiger partial charge in [-0.15, -0.1) is 0 Å². The van der Waals surface area contributed by atoms with Crippen molar-refractivity contribution in [3.63, 3.8) is 0 Å². The Hall–Kier alpha value is -0.640. The molecule has 2 aliphatic rings. The summed E-state index contributed by atoms with van der Waals surface area (Å²) in [7, 11) is -3.32. The highest BCUT2D eigenvalue weighted by Gasteiger charge is 2.38. The van der Waals surface area contributed by atoms with Crippen LogP contribution in [0.5, 0.6) is 0 Å². The second-order valence-electron chi connectivity index (χ2n) is 3.77. The van der Waals surface area contributed by atoms with E-state index in [-0.39, 0.29) is 11.8 Å². The molecule has 2 rings (SSSR count). The molecule has 6 heteroatoms. The fourth-order valence-corrected chi connectivity index (χ4v) is 3.52. The zero-order valence-corrected chi connectivity index (χ0v) is 8.70. The van der Waals surface area contributed by atoms with Gasteiger partial charge in [0.2, 0.25) is 10.0 Å². The lowest BCUT2D eigenvalue weighted by molar-refractivity contribution is 0.214. The fraction of sp³-hybridized carbons (Fsp3) is 0.875. The number of hydrogen-bond acceptors (Lipinski definition) is 4. The van der Waals surface area contributed by atoms with E-state index in [1.165, 1.54) is 4.31 Å². The smallest absolute Gasteiger partial charge is 0.227 e. The van der Waals surface area contributed by atoms with Gasteiger partial charge in [0.1, 0.15) is 0 Å². The number of piperazine rings is 1. The minimum absolute atomic E-state index is 0.113. The van der Waals surface area contributed by atoms with Crippen LogP contribution in [-0.4, -0.2) is 55.6 Å². The van der Waals surface area contributed by atoms with Gasteiger partial charge in [-0.1, -0.05) is 0 Å². The second kappa shape index (κ2) is 3.50. The molecule has 5 nitrogen and oxygen atoms in total. The van der Waals surface area contributed by atoms with Crippen molar-refractivity contribution in [1.82, 2.24) is 9.21 Å². The molecule has 14 heavy (non-hydrogen) atoms. The summed E-state index contributed by atoms with van der Waals surface area (Å²) in [5, 5.41) is 8.44. The van der Waals surface area contributed by atoms with Gasteiger partial charge in [-0.3, -0.25) is 0 Å². The zero-order valence-electron chi connectivity index (χ0n) is 7.89. The van der Waals surface area contributed by atoms with Crippen molar-refractivity contribution in [3.8, 4) is 6.07 Å². The van der Waals surface area contributed by atoms with Crippen LogP contribution in [0.15, 0.2) is 0 Å². The Kier molecular flexibility index (Phi) is 2.47. The fourth-order valence-electron chi connectivity index (χ4n) is 2.20. The first kappa shape index (κ1) is 9.90. The summed E-state index contributed by atoms with van der Waals surface area (Å²) in [6, 6.07) is 1.83. The quantitative estimate of drug-likeness (QED) is 0.607. The molecule has 0 N–H and O–H groups in total. The molecule has 2 unspecified atom stereocenters. The van der Waals surface area contributed by atoms with Crippen molar-refractivity contribution in [2.24, 2.45) is 0 Å². The summed E-state index contributed by atoms with van der Waals surface area (Å²) < 4.78 is 24.8. The number of nitrogens with zero attached hydrogens (tertiary/aromatic N) is 3. The van der Waals surface area contributed by atoms with Crippen molar-refractivity contribution in [2.75, 3.05) is 31.9 Å². The molecule has 2 fully saturated rings. The average molecular weight is 215 g/mol. The largest absolute Gasteiger partial charge is 0.300 e. The standard InChI is InChI=1S/C8H13N3O2S/c9-2-6-14(12,13)11-5-4-10-3-1-8(11)7-10/h8H,1,3-7H2. The van der Waals surface area contributed by atoms with E-state index in [2.05, 4.69) is 4.90 Å². The predicted octanol–water partition coefficient (Wildman–Crippen LogP) is -0.770. The van der Waals surface area contributed by atoms with Gasteiger partial charge >= 0.3 is 0 Å². The van der Waals surface area contributed by atoms with Gasteiger partial charge < -0.3 is 4.90 Å². The van der Waals surface area contributed by atoms with Crippen molar-refractivity contribution in [3.05, 3.63) is 0 Å². The Morgan fingerprint density at radius 2 is 2.14 bits per heavy atom. The SMILES string of the molecule is N#CCS(=O)(=O)N1CCN2CCC1C2. The van der Waals surface area contributed by atoms with E-state index >= 15 is 0 Å². The summed E-state index contributed by atoms with van der Waals surface area (Å²) in [5.41, 5.74) is 0. The summed E-state index contributed by atoms with van der Waals surface area (Å²) in [6.45, 7) is 3.18. The van der Waals surface area contributed by atoms with Crippen molar-refractivity contribution in [1.29, 1.82) is 5.26 Å². The third-order valence-corrected chi connectivity index (χ3v) is 4.58. The first-order chi connectivity index (χ1) is 6.63. The molecule has 2 heterocycles. The number of sulfonamides is 1. The lowest BCUT2D eigenvalue weighted by Gasteiger charge is -2.32. The average Bonchev–Trinajstić information content (AvgIpc) is 2.47. The summed E-state index contributed by atoms with van der Waals surface area (Å²) in [6.07, 6.45) is 0.907. The van der Waals surface area contributed by atoms with Crippen molar-refractivity contribution < 1.29 is 8.42 Å². The van der Waals surface area contributed by atoms with Crippen LogP contribution >= 0.6 is 0 Å². The van der Waals surface area contributed by atoms with Gasteiger partial charge in [-0.2, -0.15) is 9.57 Å². The maximum absolute atomic E-state index is 11.7. The van der Waals surface area contributed by atoms with E-state index < -0.39 is 10.0 Å². The van der Waals surface area contributed by atoms with E-state index in [0.717, 1.165) is 26.1 Å². The normalized spacial score (nSPS) is 32.8. The molecule has 2 atom stereocenters. The Morgan fingerprint density at radius 1 is 1.36 bits per heavy atom. The number of rotatable bonds is 2. The van der Waals surface area contributed by atoms with E-state index in [4.69, 9.17) is 5.26 Å². The molecule has 0 aromatic carbocycles. The van der Waals surface area contributed by atoms with Crippen LogP contribution in [0, 0.1) is 11.3 Å². The Bertz CT molecular complexity index is 359. The first-order valence-electron chi connectivity index (χ1n) is 4.72. The highest BCUT2D eigenvalue weighted by Crippen LogP contribution is 2.23. The monoisotopic (exact) mass is 215 g/mol. The van der Waals surface area contributed by atoms with Crippen LogP contribution in [0.4, 0.5) is 0 Å². The Labute approximate surface area is 84.0 Å². The molecule has 2 aliphatic heterocycles. The molecule has 0 aromatic heterocycles.